The van der Waals surface area contributed by atoms with Gasteiger partial charge in [0, 0.05) is 8.96 Å². The minimum atomic E-state index is -0.498. The Hall–Kier alpha value is -0.940. The Kier molecular flexibility index (Phi) is 3.23. The van der Waals surface area contributed by atoms with E-state index < -0.39 is 11.7 Å². The molecule has 0 bridgehead atoms. The van der Waals surface area contributed by atoms with Gasteiger partial charge in [0.25, 0.3) is 11.7 Å². The predicted molar refractivity (Wildman–Crippen MR) is 73.6 cm³/mol. The van der Waals surface area contributed by atoms with Crippen LogP contribution >= 0.6 is 31.9 Å². The Morgan fingerprint density at radius 2 is 2.06 bits per heavy atom. The molecule has 3 nitrogen and oxygen atoms in total. The number of halogens is 2. The topological polar surface area (TPSA) is 37.4 Å². The first kappa shape index (κ1) is 12.5. The average molecular weight is 359 g/mol. The summed E-state index contributed by atoms with van der Waals surface area (Å²) in [6.45, 7) is 5.88. The molecule has 0 fully saturated rings. The van der Waals surface area contributed by atoms with Crippen LogP contribution < -0.4 is 4.90 Å². The molecule has 0 saturated carbocycles. The first-order valence-electron chi connectivity index (χ1n) is 4.91. The predicted octanol–water partition coefficient (Wildman–Crippen LogP) is 3.20. The summed E-state index contributed by atoms with van der Waals surface area (Å²) in [5, 5.41) is 0. The average Bonchev–Trinajstić information content (AvgIpc) is 2.43. The summed E-state index contributed by atoms with van der Waals surface area (Å²) < 4.78 is 1.46. The fourth-order valence-electron chi connectivity index (χ4n) is 1.93. The molecular weight excluding hydrogens is 350 g/mol. The van der Waals surface area contributed by atoms with Gasteiger partial charge in [-0.15, -0.1) is 0 Å². The highest BCUT2D eigenvalue weighted by Crippen LogP contribution is 2.35. The number of Topliss-reactive ketones (excluding diaryl/α,β-unsaturated/α-hetero) is 1. The molecule has 17 heavy (non-hydrogen) atoms. The van der Waals surface area contributed by atoms with Crippen molar-refractivity contribution in [3.63, 3.8) is 0 Å². The largest absolute Gasteiger partial charge is 0.300 e. The maximum Gasteiger partial charge on any atom is 0.299 e. The van der Waals surface area contributed by atoms with E-state index in [0.717, 1.165) is 10.0 Å². The van der Waals surface area contributed by atoms with E-state index in [0.29, 0.717) is 22.3 Å². The zero-order valence-corrected chi connectivity index (χ0v) is 12.3. The van der Waals surface area contributed by atoms with Crippen LogP contribution in [0.3, 0.4) is 0 Å². The number of amides is 1. The Bertz CT molecular complexity index is 552. The van der Waals surface area contributed by atoms with Crippen molar-refractivity contribution < 1.29 is 9.59 Å². The molecule has 1 amide bonds. The summed E-state index contributed by atoms with van der Waals surface area (Å²) in [5.74, 6) is -0.958. The summed E-state index contributed by atoms with van der Waals surface area (Å²) in [6.07, 6.45) is 0. The Morgan fingerprint density at radius 3 is 2.65 bits per heavy atom. The van der Waals surface area contributed by atoms with Crippen LogP contribution in [0.1, 0.15) is 15.9 Å². The number of rotatable bonds is 2. The molecule has 1 aliphatic rings. The van der Waals surface area contributed by atoms with Crippen LogP contribution in [0.4, 0.5) is 5.69 Å². The van der Waals surface area contributed by atoms with Crippen molar-refractivity contribution in [3.05, 3.63) is 38.8 Å². The van der Waals surface area contributed by atoms with Crippen molar-refractivity contribution in [1.82, 2.24) is 0 Å². The van der Waals surface area contributed by atoms with Crippen LogP contribution in [0.2, 0.25) is 0 Å². The van der Waals surface area contributed by atoms with Gasteiger partial charge in [-0.05, 0) is 24.6 Å². The van der Waals surface area contributed by atoms with Gasteiger partial charge < -0.3 is 0 Å². The number of ketones is 1. The second-order valence-electron chi connectivity index (χ2n) is 3.86. The molecule has 0 spiro atoms. The second-order valence-corrected chi connectivity index (χ2v) is 5.89. The molecule has 1 aromatic carbocycles. The summed E-state index contributed by atoms with van der Waals surface area (Å²) in [7, 11) is 0. The van der Waals surface area contributed by atoms with Gasteiger partial charge in [-0.2, -0.15) is 0 Å². The minimum Gasteiger partial charge on any atom is -0.300 e. The van der Waals surface area contributed by atoms with E-state index in [1.54, 1.807) is 6.07 Å². The van der Waals surface area contributed by atoms with E-state index in [2.05, 4.69) is 38.4 Å². The fraction of sp³-hybridized carbons (Fsp3) is 0.167. The SMILES string of the molecule is C=C(Br)CN1C(=O)C(=O)c2cc(Br)cc(C)c21. The van der Waals surface area contributed by atoms with Crippen LogP contribution in [0.25, 0.3) is 0 Å². The first-order chi connectivity index (χ1) is 7.91. The Morgan fingerprint density at radius 1 is 1.41 bits per heavy atom. The third-order valence-corrected chi connectivity index (χ3v) is 3.26. The molecule has 0 saturated heterocycles. The van der Waals surface area contributed by atoms with Gasteiger partial charge in [0.1, 0.15) is 0 Å². The van der Waals surface area contributed by atoms with Gasteiger partial charge in [0.05, 0.1) is 17.8 Å². The van der Waals surface area contributed by atoms with Crippen molar-refractivity contribution in [2.24, 2.45) is 0 Å². The quantitative estimate of drug-likeness (QED) is 0.761. The number of hydrogen-bond donors (Lipinski definition) is 0. The molecule has 0 unspecified atom stereocenters. The molecule has 1 aromatic rings. The van der Waals surface area contributed by atoms with Crippen molar-refractivity contribution in [2.45, 2.75) is 6.92 Å². The summed E-state index contributed by atoms with van der Waals surface area (Å²) in [6, 6.07) is 3.56. The van der Waals surface area contributed by atoms with Crippen molar-refractivity contribution in [3.8, 4) is 0 Å². The van der Waals surface area contributed by atoms with E-state index in [-0.39, 0.29) is 0 Å². The molecule has 2 rings (SSSR count). The van der Waals surface area contributed by atoms with Gasteiger partial charge in [0.15, 0.2) is 0 Å². The lowest BCUT2D eigenvalue weighted by Crippen LogP contribution is -2.30. The molecule has 0 radical (unpaired) electrons. The molecule has 0 atom stereocenters. The highest BCUT2D eigenvalue weighted by molar-refractivity contribution is 9.11. The van der Waals surface area contributed by atoms with Crippen LogP contribution in [0.5, 0.6) is 0 Å². The molecule has 1 aliphatic heterocycles. The fourth-order valence-corrected chi connectivity index (χ4v) is 2.75. The lowest BCUT2D eigenvalue weighted by molar-refractivity contribution is -0.114. The normalized spacial score (nSPS) is 14.2. The molecule has 0 N–H and O–H groups in total. The Balaban J connectivity index is 2.60. The molecule has 0 aliphatic carbocycles. The maximum absolute atomic E-state index is 11.9. The van der Waals surface area contributed by atoms with Gasteiger partial charge in [0.2, 0.25) is 0 Å². The van der Waals surface area contributed by atoms with Gasteiger partial charge in [-0.1, -0.05) is 38.4 Å². The van der Waals surface area contributed by atoms with E-state index in [1.807, 2.05) is 13.0 Å². The summed E-state index contributed by atoms with van der Waals surface area (Å²) >= 11 is 6.54. The number of fused-ring (bicyclic) bond motifs is 1. The smallest absolute Gasteiger partial charge is 0.299 e. The first-order valence-corrected chi connectivity index (χ1v) is 6.50. The van der Waals surface area contributed by atoms with Crippen LogP contribution in [-0.4, -0.2) is 18.2 Å². The van der Waals surface area contributed by atoms with Crippen LogP contribution in [-0.2, 0) is 4.79 Å². The third kappa shape index (κ3) is 2.09. The van der Waals surface area contributed by atoms with Crippen molar-refractivity contribution in [1.29, 1.82) is 0 Å². The van der Waals surface area contributed by atoms with Crippen LogP contribution in [0.15, 0.2) is 27.7 Å². The molecule has 5 heteroatoms. The van der Waals surface area contributed by atoms with Crippen LogP contribution in [0, 0.1) is 6.92 Å². The second kappa shape index (κ2) is 4.38. The number of nitrogens with zero attached hydrogens (tertiary/aromatic N) is 1. The Labute approximate surface area is 116 Å². The number of carbonyl (C=O) groups excluding carboxylic acids is 2. The third-order valence-electron chi connectivity index (χ3n) is 2.55. The molecule has 88 valence electrons. The molecule has 1 heterocycles. The van der Waals surface area contributed by atoms with Gasteiger partial charge >= 0.3 is 0 Å². The highest BCUT2D eigenvalue weighted by atomic mass is 79.9. The lowest BCUT2D eigenvalue weighted by Gasteiger charge is -2.17. The van der Waals surface area contributed by atoms with E-state index in [1.165, 1.54) is 4.90 Å². The zero-order chi connectivity index (χ0) is 12.7. The number of aryl methyl sites for hydroxylation is 1. The van der Waals surface area contributed by atoms with Crippen molar-refractivity contribution >= 4 is 49.2 Å². The number of anilines is 1. The summed E-state index contributed by atoms with van der Waals surface area (Å²) in [5.41, 5.74) is 2.03. The zero-order valence-electron chi connectivity index (χ0n) is 9.09. The number of benzene rings is 1. The van der Waals surface area contributed by atoms with Crippen molar-refractivity contribution in [2.75, 3.05) is 11.4 Å². The standard InChI is InChI=1S/C12H9Br2NO2/c1-6-3-8(14)4-9-10(6)15(5-7(2)13)12(17)11(9)16/h3-4H,2,5H2,1H3. The minimum absolute atomic E-state index is 0.306. The monoisotopic (exact) mass is 357 g/mol. The summed E-state index contributed by atoms with van der Waals surface area (Å²) in [4.78, 5) is 25.2. The van der Waals surface area contributed by atoms with E-state index >= 15 is 0 Å². The van der Waals surface area contributed by atoms with E-state index in [4.69, 9.17) is 0 Å². The van der Waals surface area contributed by atoms with E-state index in [9.17, 15) is 9.59 Å². The number of hydrogen-bond acceptors (Lipinski definition) is 2. The molecular formula is C12H9Br2NO2. The molecule has 0 aromatic heterocycles. The highest BCUT2D eigenvalue weighted by Gasteiger charge is 2.37. The van der Waals surface area contributed by atoms with Gasteiger partial charge in [-0.3, -0.25) is 14.5 Å². The lowest BCUT2D eigenvalue weighted by atomic mass is 10.1. The maximum atomic E-state index is 11.9. The number of carbonyl (C=O) groups is 2. The van der Waals surface area contributed by atoms with Gasteiger partial charge in [-0.25, -0.2) is 0 Å².